The number of ether oxygens (including phenoxy) is 1. The van der Waals surface area contributed by atoms with Crippen LogP contribution in [-0.4, -0.2) is 49.2 Å². The lowest BCUT2D eigenvalue weighted by atomic mass is 10.1. The van der Waals surface area contributed by atoms with E-state index in [9.17, 15) is 4.79 Å². The third kappa shape index (κ3) is 1.91. The molecule has 0 spiro atoms. The normalized spacial score (nSPS) is 20.9. The molecule has 1 aromatic heterocycles. The number of fused-ring (bicyclic) bond motifs is 1. The van der Waals surface area contributed by atoms with Crippen LogP contribution in [0.2, 0.25) is 5.28 Å². The minimum atomic E-state index is -0.418. The Morgan fingerprint density at radius 2 is 2.17 bits per heavy atom. The second kappa shape index (κ2) is 4.70. The molecule has 2 atom stereocenters. The van der Waals surface area contributed by atoms with Gasteiger partial charge in [-0.1, -0.05) is 0 Å². The van der Waals surface area contributed by atoms with E-state index >= 15 is 0 Å². The van der Waals surface area contributed by atoms with Crippen LogP contribution in [0.4, 0.5) is 11.5 Å². The smallest absolute Gasteiger partial charge is 0.252 e. The van der Waals surface area contributed by atoms with Crippen molar-refractivity contribution in [1.82, 2.24) is 9.97 Å². The van der Waals surface area contributed by atoms with Crippen molar-refractivity contribution >= 4 is 29.0 Å². The van der Waals surface area contributed by atoms with E-state index in [1.807, 2.05) is 6.92 Å². The molecule has 1 aliphatic rings. The summed E-state index contributed by atoms with van der Waals surface area (Å²) in [4.78, 5) is 23.7. The summed E-state index contributed by atoms with van der Waals surface area (Å²) in [5.41, 5.74) is 0.645. The number of aromatic nitrogens is 2. The molecule has 1 aliphatic heterocycles. The number of rotatable bonds is 2. The van der Waals surface area contributed by atoms with Crippen LogP contribution in [0, 0.1) is 0 Å². The summed E-state index contributed by atoms with van der Waals surface area (Å²) in [5, 5.41) is 0.159. The van der Waals surface area contributed by atoms with Crippen molar-refractivity contribution < 1.29 is 9.53 Å². The van der Waals surface area contributed by atoms with Crippen LogP contribution < -0.4 is 9.80 Å². The molecule has 98 valence electrons. The number of methoxy groups -OCH3 is 1. The van der Waals surface area contributed by atoms with Crippen LogP contribution in [0.3, 0.4) is 0 Å². The van der Waals surface area contributed by atoms with Gasteiger partial charge in [-0.05, 0) is 18.5 Å². The van der Waals surface area contributed by atoms with Gasteiger partial charge in [-0.2, -0.15) is 4.98 Å². The van der Waals surface area contributed by atoms with Crippen molar-refractivity contribution in [3.8, 4) is 0 Å². The summed E-state index contributed by atoms with van der Waals surface area (Å²) < 4.78 is 5.26. The lowest BCUT2D eigenvalue weighted by Gasteiger charge is -2.40. The van der Waals surface area contributed by atoms with Gasteiger partial charge in [-0.15, -0.1) is 0 Å². The minimum absolute atomic E-state index is 0.0507. The molecule has 7 heteroatoms. The fourth-order valence-electron chi connectivity index (χ4n) is 2.10. The monoisotopic (exact) mass is 270 g/mol. The molecule has 1 aromatic rings. The van der Waals surface area contributed by atoms with Gasteiger partial charge in [-0.3, -0.25) is 4.79 Å². The highest BCUT2D eigenvalue weighted by atomic mass is 35.5. The van der Waals surface area contributed by atoms with Crippen molar-refractivity contribution in [2.24, 2.45) is 0 Å². The summed E-state index contributed by atoms with van der Waals surface area (Å²) in [6.45, 7) is 1.85. The second-order valence-corrected chi connectivity index (χ2v) is 4.58. The Bertz CT molecular complexity index is 482. The fourth-order valence-corrected chi connectivity index (χ4v) is 2.23. The Hall–Kier alpha value is -1.40. The van der Waals surface area contributed by atoms with Gasteiger partial charge in [0.05, 0.1) is 12.3 Å². The Morgan fingerprint density at radius 3 is 2.78 bits per heavy atom. The minimum Gasteiger partial charge on any atom is -0.379 e. The van der Waals surface area contributed by atoms with Crippen molar-refractivity contribution in [2.45, 2.75) is 19.1 Å². The van der Waals surface area contributed by atoms with Gasteiger partial charge in [0.15, 0.2) is 5.82 Å². The molecule has 0 saturated heterocycles. The first-order chi connectivity index (χ1) is 8.47. The molecule has 0 radical (unpaired) electrons. The maximum absolute atomic E-state index is 12.3. The highest BCUT2D eigenvalue weighted by Crippen LogP contribution is 2.33. The molecule has 0 saturated carbocycles. The lowest BCUT2D eigenvalue weighted by molar-refractivity contribution is -0.122. The average Bonchev–Trinajstić information content (AvgIpc) is 2.36. The Kier molecular flexibility index (Phi) is 3.41. The molecule has 0 N–H and O–H groups in total. The number of halogens is 1. The SMILES string of the molecule is COC(C)[C@H]1C(=O)N(C)c2cnc(Cl)nc2N1C. The number of carbonyl (C=O) groups excluding carboxylic acids is 1. The third-order valence-corrected chi connectivity index (χ3v) is 3.42. The molecule has 0 aliphatic carbocycles. The summed E-state index contributed by atoms with van der Waals surface area (Å²) >= 11 is 5.80. The van der Waals surface area contributed by atoms with Crippen LogP contribution >= 0.6 is 11.6 Å². The van der Waals surface area contributed by atoms with Gasteiger partial charge in [-0.25, -0.2) is 4.98 Å². The topological polar surface area (TPSA) is 58.6 Å². The van der Waals surface area contributed by atoms with Gasteiger partial charge in [0.2, 0.25) is 5.28 Å². The molecule has 1 unspecified atom stereocenters. The highest BCUT2D eigenvalue weighted by Gasteiger charge is 2.39. The van der Waals surface area contributed by atoms with E-state index < -0.39 is 6.04 Å². The standard InChI is InChI=1S/C11H15ClN4O2/c1-6(18-4)8-10(17)15(2)7-5-13-11(12)14-9(7)16(8)3/h5-6,8H,1-4H3/t6?,8-/m0/s1. The number of hydrogen-bond acceptors (Lipinski definition) is 5. The predicted molar refractivity (Wildman–Crippen MR) is 69.1 cm³/mol. The van der Waals surface area contributed by atoms with Gasteiger partial charge in [0.25, 0.3) is 5.91 Å². The fraction of sp³-hybridized carbons (Fsp3) is 0.545. The zero-order valence-electron chi connectivity index (χ0n) is 10.7. The van der Waals surface area contributed by atoms with E-state index in [0.29, 0.717) is 11.5 Å². The van der Waals surface area contributed by atoms with Crippen molar-refractivity contribution in [3.63, 3.8) is 0 Å². The molecule has 0 bridgehead atoms. The van der Waals surface area contributed by atoms with Crippen LogP contribution in [0.25, 0.3) is 0 Å². The Morgan fingerprint density at radius 1 is 1.50 bits per heavy atom. The van der Waals surface area contributed by atoms with Gasteiger partial charge in [0.1, 0.15) is 11.7 Å². The predicted octanol–water partition coefficient (Wildman–Crippen LogP) is 0.946. The lowest BCUT2D eigenvalue weighted by Crippen LogP contribution is -2.56. The van der Waals surface area contributed by atoms with Crippen LogP contribution in [0.5, 0.6) is 0 Å². The molecule has 2 rings (SSSR count). The molecule has 2 heterocycles. The summed E-state index contributed by atoms with van der Waals surface area (Å²) in [6, 6.07) is -0.418. The summed E-state index contributed by atoms with van der Waals surface area (Å²) in [5.74, 6) is 0.580. The van der Waals surface area contributed by atoms with E-state index in [1.165, 1.54) is 4.90 Å². The zero-order valence-corrected chi connectivity index (χ0v) is 11.5. The number of anilines is 2. The van der Waals surface area contributed by atoms with E-state index in [2.05, 4.69) is 9.97 Å². The number of likely N-dealkylation sites (N-methyl/N-ethyl adjacent to an activating group) is 2. The van der Waals surface area contributed by atoms with E-state index in [4.69, 9.17) is 16.3 Å². The molecule has 0 fully saturated rings. The van der Waals surface area contributed by atoms with Crippen LogP contribution in [0.1, 0.15) is 6.92 Å². The average molecular weight is 271 g/mol. The molecule has 6 nitrogen and oxygen atoms in total. The Labute approximate surface area is 111 Å². The van der Waals surface area contributed by atoms with Crippen molar-refractivity contribution in [3.05, 3.63) is 11.5 Å². The zero-order chi connectivity index (χ0) is 13.4. The molecular weight excluding hydrogens is 256 g/mol. The number of nitrogens with zero attached hydrogens (tertiary/aromatic N) is 4. The quantitative estimate of drug-likeness (QED) is 0.749. The summed E-state index contributed by atoms with van der Waals surface area (Å²) in [7, 11) is 5.07. The first-order valence-electron chi connectivity index (χ1n) is 5.53. The molecule has 18 heavy (non-hydrogen) atoms. The van der Waals surface area contributed by atoms with Crippen molar-refractivity contribution in [1.29, 1.82) is 0 Å². The van der Waals surface area contributed by atoms with Gasteiger partial charge >= 0.3 is 0 Å². The number of carbonyl (C=O) groups is 1. The van der Waals surface area contributed by atoms with E-state index in [0.717, 1.165) is 0 Å². The maximum Gasteiger partial charge on any atom is 0.252 e. The third-order valence-electron chi connectivity index (χ3n) is 3.23. The highest BCUT2D eigenvalue weighted by molar-refractivity contribution is 6.28. The van der Waals surface area contributed by atoms with E-state index in [1.54, 1.807) is 32.3 Å². The number of amides is 1. The molecular formula is C11H15ClN4O2. The summed E-state index contributed by atoms with van der Waals surface area (Å²) in [6.07, 6.45) is 1.30. The van der Waals surface area contributed by atoms with Gasteiger partial charge in [0, 0.05) is 21.2 Å². The van der Waals surface area contributed by atoms with Crippen LogP contribution in [-0.2, 0) is 9.53 Å². The maximum atomic E-state index is 12.3. The van der Waals surface area contributed by atoms with Crippen molar-refractivity contribution in [2.75, 3.05) is 31.0 Å². The number of hydrogen-bond donors (Lipinski definition) is 0. The van der Waals surface area contributed by atoms with E-state index in [-0.39, 0.29) is 17.3 Å². The first kappa shape index (κ1) is 13.0. The van der Waals surface area contributed by atoms with Gasteiger partial charge < -0.3 is 14.5 Å². The second-order valence-electron chi connectivity index (χ2n) is 4.24. The Balaban J connectivity index is 2.50. The van der Waals surface area contributed by atoms with Crippen LogP contribution in [0.15, 0.2) is 6.20 Å². The molecule has 1 amide bonds. The first-order valence-corrected chi connectivity index (χ1v) is 5.91. The molecule has 0 aromatic carbocycles. The largest absolute Gasteiger partial charge is 0.379 e.